The molecule has 0 aromatic heterocycles. The van der Waals surface area contributed by atoms with Gasteiger partial charge in [0.25, 0.3) is 0 Å². The number of halogens is 3. The molecule has 0 bridgehead atoms. The van der Waals surface area contributed by atoms with Gasteiger partial charge in [-0.25, -0.2) is 13.1 Å². The Morgan fingerprint density at radius 3 is 2.80 bits per heavy atom. The molecular formula is C15H19ClF2N2O4S. The summed E-state index contributed by atoms with van der Waals surface area (Å²) in [5, 5.41) is -0.197. The normalized spacial score (nSPS) is 22.3. The van der Waals surface area contributed by atoms with Crippen LogP contribution in [0.5, 0.6) is 5.75 Å². The number of ether oxygens (including phenoxy) is 2. The van der Waals surface area contributed by atoms with E-state index in [1.165, 1.54) is 18.9 Å². The maximum atomic E-state index is 12.4. The molecule has 1 heterocycles. The lowest BCUT2D eigenvalue weighted by Gasteiger charge is -2.33. The molecule has 10 heteroatoms. The Morgan fingerprint density at radius 1 is 1.40 bits per heavy atom. The topological polar surface area (TPSA) is 67.9 Å². The molecule has 140 valence electrons. The fraction of sp³-hybridized carbons (Fsp3) is 0.600. The Balaban J connectivity index is 1.60. The summed E-state index contributed by atoms with van der Waals surface area (Å²) >= 11 is 5.81. The van der Waals surface area contributed by atoms with Crippen molar-refractivity contribution < 1.29 is 26.7 Å². The average Bonchev–Trinajstić information content (AvgIpc) is 3.40. The number of rotatable bonds is 7. The first-order chi connectivity index (χ1) is 11.8. The van der Waals surface area contributed by atoms with Gasteiger partial charge in [0.2, 0.25) is 10.0 Å². The largest absolute Gasteiger partial charge is 0.433 e. The highest BCUT2D eigenvalue weighted by Gasteiger charge is 2.33. The minimum Gasteiger partial charge on any atom is -0.433 e. The molecule has 3 rings (SSSR count). The van der Waals surface area contributed by atoms with Crippen LogP contribution in [0.25, 0.3) is 0 Å². The fourth-order valence-electron chi connectivity index (χ4n) is 2.76. The van der Waals surface area contributed by atoms with Gasteiger partial charge in [-0.1, -0.05) is 11.6 Å². The molecule has 0 spiro atoms. The van der Waals surface area contributed by atoms with Gasteiger partial charge in [-0.15, -0.1) is 0 Å². The molecule has 1 aliphatic heterocycles. The number of hydrogen-bond acceptors (Lipinski definition) is 5. The van der Waals surface area contributed by atoms with Crippen LogP contribution in [0.4, 0.5) is 8.78 Å². The molecule has 2 fully saturated rings. The maximum Gasteiger partial charge on any atom is 0.387 e. The summed E-state index contributed by atoms with van der Waals surface area (Å²) in [6.07, 6.45) is 2.15. The second-order valence-electron chi connectivity index (χ2n) is 6.04. The highest BCUT2D eigenvalue weighted by molar-refractivity contribution is 7.89. The van der Waals surface area contributed by atoms with Gasteiger partial charge in [0.1, 0.15) is 5.75 Å². The maximum absolute atomic E-state index is 12.4. The third-order valence-electron chi connectivity index (χ3n) is 4.16. The lowest BCUT2D eigenvalue weighted by atomic mass is 10.2. The number of hydrogen-bond donors (Lipinski definition) is 1. The summed E-state index contributed by atoms with van der Waals surface area (Å²) < 4.78 is 61.5. The van der Waals surface area contributed by atoms with Crippen molar-refractivity contribution >= 4 is 21.6 Å². The van der Waals surface area contributed by atoms with Crippen LogP contribution in [0.2, 0.25) is 5.02 Å². The Kier molecular flexibility index (Phi) is 5.79. The molecule has 0 amide bonds. The first-order valence-corrected chi connectivity index (χ1v) is 9.81. The SMILES string of the molecule is O=S(=O)(NCC1CN(C2CC2)CCO1)c1ccc(OC(F)F)c(Cl)c1. The van der Waals surface area contributed by atoms with Crippen LogP contribution in [0.1, 0.15) is 12.8 Å². The fourth-order valence-corrected chi connectivity index (χ4v) is 4.15. The van der Waals surface area contributed by atoms with Gasteiger partial charge in [0, 0.05) is 25.7 Å². The van der Waals surface area contributed by atoms with Crippen molar-refractivity contribution in [2.24, 2.45) is 0 Å². The van der Waals surface area contributed by atoms with Crippen LogP contribution in [0, 0.1) is 0 Å². The molecule has 6 nitrogen and oxygen atoms in total. The highest BCUT2D eigenvalue weighted by atomic mass is 35.5. The van der Waals surface area contributed by atoms with Crippen LogP contribution < -0.4 is 9.46 Å². The minimum atomic E-state index is -3.83. The molecule has 1 N–H and O–H groups in total. The first-order valence-electron chi connectivity index (χ1n) is 7.95. The van der Waals surface area contributed by atoms with E-state index in [4.69, 9.17) is 16.3 Å². The van der Waals surface area contributed by atoms with Crippen LogP contribution >= 0.6 is 11.6 Å². The van der Waals surface area contributed by atoms with Gasteiger partial charge in [0.15, 0.2) is 0 Å². The van der Waals surface area contributed by atoms with Gasteiger partial charge >= 0.3 is 6.61 Å². The van der Waals surface area contributed by atoms with Crippen LogP contribution in [0.3, 0.4) is 0 Å². The van der Waals surface area contributed by atoms with E-state index in [-0.39, 0.29) is 28.3 Å². The minimum absolute atomic E-state index is 0.117. The zero-order chi connectivity index (χ0) is 18.0. The van der Waals surface area contributed by atoms with E-state index in [9.17, 15) is 17.2 Å². The van der Waals surface area contributed by atoms with Crippen molar-refractivity contribution in [2.45, 2.75) is 36.5 Å². The summed E-state index contributed by atoms with van der Waals surface area (Å²) in [5.41, 5.74) is 0. The van der Waals surface area contributed by atoms with Crippen molar-refractivity contribution in [1.29, 1.82) is 0 Å². The Morgan fingerprint density at radius 2 is 2.16 bits per heavy atom. The number of nitrogens with one attached hydrogen (secondary N) is 1. The van der Waals surface area contributed by atoms with Gasteiger partial charge in [-0.3, -0.25) is 4.90 Å². The van der Waals surface area contributed by atoms with E-state index in [0.29, 0.717) is 19.2 Å². The standard InChI is InChI=1S/C15H19ClF2N2O4S/c16-13-7-12(3-4-14(13)24-15(17)18)25(21,22)19-8-11-9-20(5-6-23-11)10-1-2-10/h3-4,7,10-11,15,19H,1-2,5-6,8-9H2. The zero-order valence-corrected chi connectivity index (χ0v) is 14.9. The molecule has 1 aromatic rings. The van der Waals surface area contributed by atoms with E-state index in [2.05, 4.69) is 14.4 Å². The number of sulfonamides is 1. The summed E-state index contributed by atoms with van der Waals surface area (Å²) in [7, 11) is -3.83. The monoisotopic (exact) mass is 396 g/mol. The Bertz CT molecular complexity index is 715. The lowest BCUT2D eigenvalue weighted by molar-refractivity contribution is -0.0498. The van der Waals surface area contributed by atoms with Crippen LogP contribution in [-0.4, -0.2) is 58.3 Å². The van der Waals surface area contributed by atoms with Crippen molar-refractivity contribution in [2.75, 3.05) is 26.2 Å². The molecule has 1 atom stereocenters. The van der Waals surface area contributed by atoms with Crippen molar-refractivity contribution in [3.05, 3.63) is 23.2 Å². The number of benzene rings is 1. The molecule has 0 radical (unpaired) electrons. The predicted octanol–water partition coefficient (Wildman–Crippen LogP) is 2.08. The molecule has 1 unspecified atom stereocenters. The van der Waals surface area contributed by atoms with E-state index >= 15 is 0 Å². The zero-order valence-electron chi connectivity index (χ0n) is 13.3. The van der Waals surface area contributed by atoms with Gasteiger partial charge in [-0.05, 0) is 31.0 Å². The average molecular weight is 397 g/mol. The number of morpholine rings is 1. The molecule has 2 aliphatic rings. The van der Waals surface area contributed by atoms with Gasteiger partial charge in [-0.2, -0.15) is 8.78 Å². The predicted molar refractivity (Wildman–Crippen MR) is 87.6 cm³/mol. The molecule has 1 saturated heterocycles. The Labute approximate surface area is 150 Å². The second kappa shape index (κ2) is 7.71. The smallest absolute Gasteiger partial charge is 0.387 e. The van der Waals surface area contributed by atoms with Crippen molar-refractivity contribution in [3.8, 4) is 5.75 Å². The third-order valence-corrected chi connectivity index (χ3v) is 5.88. The van der Waals surface area contributed by atoms with E-state index in [1.54, 1.807) is 0 Å². The Hall–Kier alpha value is -1.00. The summed E-state index contributed by atoms with van der Waals surface area (Å²) in [4.78, 5) is 2.20. The second-order valence-corrected chi connectivity index (χ2v) is 8.22. The van der Waals surface area contributed by atoms with Gasteiger partial charge < -0.3 is 9.47 Å². The highest BCUT2D eigenvalue weighted by Crippen LogP contribution is 2.29. The van der Waals surface area contributed by atoms with E-state index < -0.39 is 16.6 Å². The summed E-state index contributed by atoms with van der Waals surface area (Å²) in [5.74, 6) is -0.272. The third kappa shape index (κ3) is 5.01. The van der Waals surface area contributed by atoms with Crippen molar-refractivity contribution in [3.63, 3.8) is 0 Å². The molecular weight excluding hydrogens is 378 g/mol. The molecule has 1 saturated carbocycles. The quantitative estimate of drug-likeness (QED) is 0.764. The molecule has 1 aromatic carbocycles. The first kappa shape index (κ1) is 18.8. The number of alkyl halides is 2. The molecule has 25 heavy (non-hydrogen) atoms. The summed E-state index contributed by atoms with van der Waals surface area (Å²) in [6, 6.07) is 3.96. The molecule has 1 aliphatic carbocycles. The van der Waals surface area contributed by atoms with E-state index in [0.717, 1.165) is 18.7 Å². The number of nitrogens with zero attached hydrogens (tertiary/aromatic N) is 1. The van der Waals surface area contributed by atoms with Crippen LogP contribution in [0.15, 0.2) is 23.1 Å². The lowest BCUT2D eigenvalue weighted by Crippen LogP contribution is -2.48. The van der Waals surface area contributed by atoms with Gasteiger partial charge in [0.05, 0.1) is 22.6 Å². The van der Waals surface area contributed by atoms with Crippen molar-refractivity contribution in [1.82, 2.24) is 9.62 Å². The summed E-state index contributed by atoms with van der Waals surface area (Å²) in [6.45, 7) is -0.757. The van der Waals surface area contributed by atoms with Crippen LogP contribution in [-0.2, 0) is 14.8 Å². The van der Waals surface area contributed by atoms with E-state index in [1.807, 2.05) is 0 Å².